The average molecular weight is 220 g/mol. The Labute approximate surface area is 96.3 Å². The van der Waals surface area contributed by atoms with E-state index in [9.17, 15) is 9.50 Å². The van der Waals surface area contributed by atoms with Crippen LogP contribution in [0, 0.1) is 17.7 Å². The molecule has 0 aliphatic carbocycles. The van der Waals surface area contributed by atoms with Crippen molar-refractivity contribution in [2.24, 2.45) is 0 Å². The van der Waals surface area contributed by atoms with E-state index in [-0.39, 0.29) is 5.82 Å². The van der Waals surface area contributed by atoms with Gasteiger partial charge in [-0.3, -0.25) is 0 Å². The highest BCUT2D eigenvalue weighted by Gasteiger charge is 2.19. The van der Waals surface area contributed by atoms with Crippen LogP contribution in [0.4, 0.5) is 4.39 Å². The highest BCUT2D eigenvalue weighted by atomic mass is 19.1. The first-order valence-electron chi connectivity index (χ1n) is 5.40. The number of hydrogen-bond acceptors (Lipinski definition) is 1. The van der Waals surface area contributed by atoms with E-state index < -0.39 is 5.60 Å². The van der Waals surface area contributed by atoms with Gasteiger partial charge >= 0.3 is 0 Å². The average Bonchev–Trinajstić information content (AvgIpc) is 2.21. The molecule has 0 fully saturated rings. The number of benzene rings is 1. The quantitative estimate of drug-likeness (QED) is 0.773. The summed E-state index contributed by atoms with van der Waals surface area (Å²) in [5.74, 6) is 5.48. The van der Waals surface area contributed by atoms with E-state index in [4.69, 9.17) is 0 Å². The van der Waals surface area contributed by atoms with Crippen molar-refractivity contribution in [2.75, 3.05) is 0 Å². The second-order valence-electron chi connectivity index (χ2n) is 4.23. The smallest absolute Gasteiger partial charge is 0.123 e. The standard InChI is InChI=1S/C14H17FO/c1-3-4-5-10-14(2,16)11-12-6-8-13(15)9-7-12/h6-9,16H,5,10-11H2,1-2H3. The van der Waals surface area contributed by atoms with Crippen LogP contribution in [0.3, 0.4) is 0 Å². The summed E-state index contributed by atoms with van der Waals surface area (Å²) in [6.45, 7) is 3.57. The normalized spacial score (nSPS) is 13.8. The first kappa shape index (κ1) is 12.7. The zero-order valence-electron chi connectivity index (χ0n) is 9.76. The lowest BCUT2D eigenvalue weighted by molar-refractivity contribution is 0.0528. The summed E-state index contributed by atoms with van der Waals surface area (Å²) in [6, 6.07) is 6.24. The molecule has 1 aromatic carbocycles. The van der Waals surface area contributed by atoms with Crippen molar-refractivity contribution < 1.29 is 9.50 Å². The van der Waals surface area contributed by atoms with Gasteiger partial charge < -0.3 is 5.11 Å². The van der Waals surface area contributed by atoms with Gasteiger partial charge in [0.15, 0.2) is 0 Å². The Balaban J connectivity index is 2.56. The first-order chi connectivity index (χ1) is 7.53. The number of rotatable bonds is 4. The molecule has 0 saturated heterocycles. The van der Waals surface area contributed by atoms with Gasteiger partial charge in [0.1, 0.15) is 5.82 Å². The van der Waals surface area contributed by atoms with Crippen molar-refractivity contribution >= 4 is 0 Å². The zero-order valence-corrected chi connectivity index (χ0v) is 9.76. The third kappa shape index (κ3) is 4.46. The Morgan fingerprint density at radius 2 is 1.94 bits per heavy atom. The van der Waals surface area contributed by atoms with E-state index in [2.05, 4.69) is 11.8 Å². The fourth-order valence-electron chi connectivity index (χ4n) is 1.59. The van der Waals surface area contributed by atoms with Crippen LogP contribution in [0.1, 0.15) is 32.3 Å². The van der Waals surface area contributed by atoms with Crippen LogP contribution in [0.5, 0.6) is 0 Å². The molecule has 1 N–H and O–H groups in total. The van der Waals surface area contributed by atoms with Crippen molar-refractivity contribution in [3.63, 3.8) is 0 Å². The molecule has 16 heavy (non-hydrogen) atoms. The monoisotopic (exact) mass is 220 g/mol. The molecule has 1 atom stereocenters. The van der Waals surface area contributed by atoms with Gasteiger partial charge in [0, 0.05) is 12.8 Å². The molecule has 1 unspecified atom stereocenters. The Hall–Kier alpha value is -1.33. The summed E-state index contributed by atoms with van der Waals surface area (Å²) in [6.07, 6.45) is 1.84. The Bertz CT molecular complexity index is 381. The maximum absolute atomic E-state index is 12.7. The molecule has 0 aromatic heterocycles. The molecule has 0 radical (unpaired) electrons. The summed E-state index contributed by atoms with van der Waals surface area (Å²) in [7, 11) is 0. The maximum atomic E-state index is 12.7. The van der Waals surface area contributed by atoms with Crippen LogP contribution in [0.25, 0.3) is 0 Å². The maximum Gasteiger partial charge on any atom is 0.123 e. The van der Waals surface area contributed by atoms with Gasteiger partial charge in [0.05, 0.1) is 5.60 Å². The van der Waals surface area contributed by atoms with Crippen LogP contribution >= 0.6 is 0 Å². The van der Waals surface area contributed by atoms with E-state index in [1.807, 2.05) is 0 Å². The summed E-state index contributed by atoms with van der Waals surface area (Å²) in [4.78, 5) is 0. The lowest BCUT2D eigenvalue weighted by Gasteiger charge is -2.22. The number of aliphatic hydroxyl groups is 1. The second-order valence-corrected chi connectivity index (χ2v) is 4.23. The van der Waals surface area contributed by atoms with Crippen molar-refractivity contribution in [2.45, 2.75) is 38.7 Å². The Morgan fingerprint density at radius 1 is 1.31 bits per heavy atom. The molecule has 0 saturated carbocycles. The molecule has 2 heteroatoms. The van der Waals surface area contributed by atoms with Crippen LogP contribution in [0.15, 0.2) is 24.3 Å². The zero-order chi connectivity index (χ0) is 12.0. The van der Waals surface area contributed by atoms with Gasteiger partial charge in [-0.15, -0.1) is 11.8 Å². The van der Waals surface area contributed by atoms with Gasteiger partial charge in [-0.2, -0.15) is 0 Å². The van der Waals surface area contributed by atoms with Crippen LogP contribution in [-0.4, -0.2) is 10.7 Å². The van der Waals surface area contributed by atoms with Crippen LogP contribution in [0.2, 0.25) is 0 Å². The van der Waals surface area contributed by atoms with Crippen molar-refractivity contribution in [3.8, 4) is 11.8 Å². The fourth-order valence-corrected chi connectivity index (χ4v) is 1.59. The largest absolute Gasteiger partial charge is 0.390 e. The summed E-state index contributed by atoms with van der Waals surface area (Å²) in [5, 5.41) is 10.1. The van der Waals surface area contributed by atoms with Crippen LogP contribution in [-0.2, 0) is 6.42 Å². The lowest BCUT2D eigenvalue weighted by atomic mass is 9.92. The first-order valence-corrected chi connectivity index (χ1v) is 5.40. The van der Waals surface area contributed by atoms with Gasteiger partial charge in [0.2, 0.25) is 0 Å². The molecule has 86 valence electrons. The molecule has 1 aromatic rings. The molecule has 0 spiro atoms. The van der Waals surface area contributed by atoms with E-state index in [0.29, 0.717) is 19.3 Å². The molecule has 0 amide bonds. The highest BCUT2D eigenvalue weighted by Crippen LogP contribution is 2.18. The van der Waals surface area contributed by atoms with Gasteiger partial charge in [-0.1, -0.05) is 12.1 Å². The summed E-state index contributed by atoms with van der Waals surface area (Å²) < 4.78 is 12.7. The minimum absolute atomic E-state index is 0.250. The second kappa shape index (κ2) is 5.67. The molecular formula is C14H17FO. The van der Waals surface area contributed by atoms with E-state index in [1.165, 1.54) is 12.1 Å². The minimum Gasteiger partial charge on any atom is -0.390 e. The van der Waals surface area contributed by atoms with Crippen molar-refractivity contribution in [1.82, 2.24) is 0 Å². The molecule has 0 bridgehead atoms. The van der Waals surface area contributed by atoms with Gasteiger partial charge in [-0.25, -0.2) is 4.39 Å². The minimum atomic E-state index is -0.776. The van der Waals surface area contributed by atoms with E-state index >= 15 is 0 Å². The van der Waals surface area contributed by atoms with Crippen LogP contribution < -0.4 is 0 Å². The third-order valence-electron chi connectivity index (χ3n) is 2.46. The molecule has 0 aliphatic heterocycles. The summed E-state index contributed by atoms with van der Waals surface area (Å²) >= 11 is 0. The van der Waals surface area contributed by atoms with Gasteiger partial charge in [0.25, 0.3) is 0 Å². The molecule has 0 aliphatic rings. The lowest BCUT2D eigenvalue weighted by Crippen LogP contribution is -2.26. The highest BCUT2D eigenvalue weighted by molar-refractivity contribution is 5.18. The predicted molar refractivity (Wildman–Crippen MR) is 63.4 cm³/mol. The fraction of sp³-hybridized carbons (Fsp3) is 0.429. The Kier molecular flexibility index (Phi) is 4.52. The summed E-state index contributed by atoms with van der Waals surface area (Å²) in [5.41, 5.74) is 0.164. The van der Waals surface area contributed by atoms with E-state index in [1.54, 1.807) is 26.0 Å². The van der Waals surface area contributed by atoms with Crippen molar-refractivity contribution in [3.05, 3.63) is 35.6 Å². The van der Waals surface area contributed by atoms with Crippen molar-refractivity contribution in [1.29, 1.82) is 0 Å². The number of hydrogen-bond donors (Lipinski definition) is 1. The SMILES string of the molecule is CC#CCCC(C)(O)Cc1ccc(F)cc1. The Morgan fingerprint density at radius 3 is 2.50 bits per heavy atom. The topological polar surface area (TPSA) is 20.2 Å². The molecule has 1 rings (SSSR count). The van der Waals surface area contributed by atoms with E-state index in [0.717, 1.165) is 5.56 Å². The molecular weight excluding hydrogens is 203 g/mol. The van der Waals surface area contributed by atoms with Gasteiger partial charge in [-0.05, 0) is 38.0 Å². The predicted octanol–water partition coefficient (Wildman–Crippen LogP) is 2.92. The molecule has 0 heterocycles. The third-order valence-corrected chi connectivity index (χ3v) is 2.46. The number of halogens is 1. The molecule has 1 nitrogen and oxygen atoms in total.